The van der Waals surface area contributed by atoms with Gasteiger partial charge in [-0.3, -0.25) is 10.2 Å². The van der Waals surface area contributed by atoms with Crippen molar-refractivity contribution in [2.75, 3.05) is 4.90 Å². The second-order valence-corrected chi connectivity index (χ2v) is 3.62. The topological polar surface area (TPSA) is 70.2 Å². The lowest BCUT2D eigenvalue weighted by atomic mass is 10.3. The molecule has 7 heteroatoms. The predicted molar refractivity (Wildman–Crippen MR) is 68.8 cm³/mol. The van der Waals surface area contributed by atoms with Crippen LogP contribution in [0, 0.1) is 5.41 Å². The summed E-state index contributed by atoms with van der Waals surface area (Å²) in [6, 6.07) is 4.79. The summed E-state index contributed by atoms with van der Waals surface area (Å²) in [6.45, 7) is 1.28. The molecule has 0 spiro atoms. The number of nitrogens with two attached hydrogens (primary N) is 1. The van der Waals surface area contributed by atoms with E-state index in [1.165, 1.54) is 6.92 Å². The molecule has 0 radical (unpaired) electrons. The number of halogens is 3. The van der Waals surface area contributed by atoms with Crippen LogP contribution in [0.2, 0.25) is 10.0 Å². The van der Waals surface area contributed by atoms with Crippen LogP contribution in [0.25, 0.3) is 0 Å². The first kappa shape index (κ1) is 15.0. The number of nitrogens with zero attached hydrogens (tertiary/aromatic N) is 1. The van der Waals surface area contributed by atoms with E-state index in [0.717, 1.165) is 4.90 Å². The van der Waals surface area contributed by atoms with E-state index < -0.39 is 11.9 Å². The Labute approximate surface area is 109 Å². The van der Waals surface area contributed by atoms with Crippen molar-refractivity contribution < 1.29 is 4.79 Å². The molecule has 0 saturated carbocycles. The van der Waals surface area contributed by atoms with Gasteiger partial charge in [-0.2, -0.15) is 0 Å². The average Bonchev–Trinajstić information content (AvgIpc) is 2.09. The normalized spacial score (nSPS) is 9.19. The van der Waals surface area contributed by atoms with E-state index >= 15 is 0 Å². The minimum absolute atomic E-state index is 0. The van der Waals surface area contributed by atoms with Crippen molar-refractivity contribution >= 4 is 53.2 Å². The molecule has 0 aromatic heterocycles. The van der Waals surface area contributed by atoms with Crippen LogP contribution >= 0.6 is 35.6 Å². The van der Waals surface area contributed by atoms with E-state index in [4.69, 9.17) is 34.3 Å². The zero-order chi connectivity index (χ0) is 11.6. The summed E-state index contributed by atoms with van der Waals surface area (Å²) in [5.41, 5.74) is 5.52. The number of anilines is 1. The number of carbonyl (C=O) groups excluding carboxylic acids is 1. The number of carbonyl (C=O) groups is 1. The van der Waals surface area contributed by atoms with Crippen LogP contribution in [0.15, 0.2) is 18.2 Å². The van der Waals surface area contributed by atoms with Crippen LogP contribution in [0.1, 0.15) is 6.92 Å². The van der Waals surface area contributed by atoms with E-state index in [2.05, 4.69) is 0 Å². The Hall–Kier alpha value is -0.970. The Morgan fingerprint density at radius 1 is 1.38 bits per heavy atom. The summed E-state index contributed by atoms with van der Waals surface area (Å²) < 4.78 is 0. The zero-order valence-electron chi connectivity index (χ0n) is 8.33. The Bertz CT molecular complexity index is 388. The average molecular weight is 283 g/mol. The molecule has 0 saturated heterocycles. The Kier molecular flexibility index (Phi) is 5.58. The number of hydrogen-bond donors (Lipinski definition) is 2. The highest BCUT2D eigenvalue weighted by Crippen LogP contribution is 2.33. The largest absolute Gasteiger partial charge is 0.369 e. The molecule has 1 amide bonds. The lowest BCUT2D eigenvalue weighted by Gasteiger charge is -2.21. The molecule has 3 N–H and O–H groups in total. The summed E-state index contributed by atoms with van der Waals surface area (Å²) in [5.74, 6) is -0.838. The maximum absolute atomic E-state index is 11.3. The molecule has 1 rings (SSSR count). The van der Waals surface area contributed by atoms with Gasteiger partial charge in [0.25, 0.3) is 0 Å². The second-order valence-electron chi connectivity index (χ2n) is 2.81. The zero-order valence-corrected chi connectivity index (χ0v) is 10.7. The third kappa shape index (κ3) is 3.01. The minimum Gasteiger partial charge on any atom is -0.369 e. The number of para-hydroxylation sites is 1. The molecule has 88 valence electrons. The molecule has 0 aliphatic heterocycles. The van der Waals surface area contributed by atoms with Gasteiger partial charge in [0.2, 0.25) is 5.91 Å². The second kappa shape index (κ2) is 5.94. The summed E-state index contributed by atoms with van der Waals surface area (Å²) in [6.07, 6.45) is 0. The lowest BCUT2D eigenvalue weighted by molar-refractivity contribution is -0.115. The van der Waals surface area contributed by atoms with Gasteiger partial charge in [-0.25, -0.2) is 4.90 Å². The molecule has 0 aliphatic carbocycles. The predicted octanol–water partition coefficient (Wildman–Crippen LogP) is 2.66. The molecule has 4 nitrogen and oxygen atoms in total. The monoisotopic (exact) mass is 281 g/mol. The number of benzene rings is 1. The summed E-state index contributed by atoms with van der Waals surface area (Å²) >= 11 is 11.8. The number of guanidine groups is 1. The van der Waals surface area contributed by atoms with Crippen LogP contribution in [-0.2, 0) is 4.79 Å². The molecule has 0 bridgehead atoms. The van der Waals surface area contributed by atoms with Gasteiger partial charge in [0.15, 0.2) is 5.96 Å². The van der Waals surface area contributed by atoms with Crippen molar-refractivity contribution in [3.05, 3.63) is 28.2 Å². The molecule has 1 aromatic rings. The smallest absolute Gasteiger partial charge is 0.230 e. The molecule has 0 unspecified atom stereocenters. The van der Waals surface area contributed by atoms with Crippen LogP contribution in [0.5, 0.6) is 0 Å². The maximum atomic E-state index is 11.3. The fraction of sp³-hybridized carbons (Fsp3) is 0.111. The van der Waals surface area contributed by atoms with Gasteiger partial charge in [-0.05, 0) is 12.1 Å². The van der Waals surface area contributed by atoms with Crippen molar-refractivity contribution in [1.82, 2.24) is 0 Å². The van der Waals surface area contributed by atoms with Gasteiger partial charge in [-0.1, -0.05) is 29.3 Å². The standard InChI is InChI=1S/C9H9Cl2N3O.ClH/c1-5(15)14(9(12)13)8-6(10)3-2-4-7(8)11;/h2-4H,1H3,(H3,12,13);1H. The summed E-state index contributed by atoms with van der Waals surface area (Å²) in [5, 5.41) is 7.82. The Balaban J connectivity index is 0.00000225. The van der Waals surface area contributed by atoms with Crippen molar-refractivity contribution in [3.8, 4) is 0 Å². The first-order valence-electron chi connectivity index (χ1n) is 4.04. The van der Waals surface area contributed by atoms with E-state index in [1.807, 2.05) is 0 Å². The third-order valence-corrected chi connectivity index (χ3v) is 2.33. The third-order valence-electron chi connectivity index (χ3n) is 1.72. The summed E-state index contributed by atoms with van der Waals surface area (Å²) in [4.78, 5) is 12.2. The highest BCUT2D eigenvalue weighted by atomic mass is 35.5. The van der Waals surface area contributed by atoms with Crippen LogP contribution in [0.3, 0.4) is 0 Å². The molecule has 0 atom stereocenters. The number of nitrogens with one attached hydrogen (secondary N) is 1. The van der Waals surface area contributed by atoms with Crippen molar-refractivity contribution in [3.63, 3.8) is 0 Å². The van der Waals surface area contributed by atoms with Crippen LogP contribution < -0.4 is 10.6 Å². The van der Waals surface area contributed by atoms with E-state index in [9.17, 15) is 4.79 Å². The van der Waals surface area contributed by atoms with Gasteiger partial charge in [0.1, 0.15) is 0 Å². The van der Waals surface area contributed by atoms with E-state index in [-0.39, 0.29) is 28.1 Å². The van der Waals surface area contributed by atoms with E-state index in [0.29, 0.717) is 0 Å². The van der Waals surface area contributed by atoms with Gasteiger partial charge < -0.3 is 5.73 Å². The molecule has 1 aromatic carbocycles. The minimum atomic E-state index is -0.419. The van der Waals surface area contributed by atoms with Crippen molar-refractivity contribution in [2.24, 2.45) is 5.73 Å². The molecule has 0 aliphatic rings. The van der Waals surface area contributed by atoms with Crippen LogP contribution in [-0.4, -0.2) is 11.9 Å². The van der Waals surface area contributed by atoms with Gasteiger partial charge in [0, 0.05) is 6.92 Å². The first-order chi connectivity index (χ1) is 6.95. The highest BCUT2D eigenvalue weighted by molar-refractivity contribution is 6.41. The molecular formula is C9H10Cl3N3O. The summed E-state index contributed by atoms with van der Waals surface area (Å²) in [7, 11) is 0. The molecule has 16 heavy (non-hydrogen) atoms. The molecule has 0 heterocycles. The number of hydrogen-bond acceptors (Lipinski definition) is 2. The maximum Gasteiger partial charge on any atom is 0.230 e. The number of rotatable bonds is 1. The highest BCUT2D eigenvalue weighted by Gasteiger charge is 2.20. The van der Waals surface area contributed by atoms with E-state index in [1.54, 1.807) is 18.2 Å². The van der Waals surface area contributed by atoms with Crippen molar-refractivity contribution in [1.29, 1.82) is 5.41 Å². The van der Waals surface area contributed by atoms with Gasteiger partial charge in [0.05, 0.1) is 15.7 Å². The first-order valence-corrected chi connectivity index (χ1v) is 4.79. The Morgan fingerprint density at radius 2 is 1.81 bits per heavy atom. The van der Waals surface area contributed by atoms with Gasteiger partial charge in [-0.15, -0.1) is 12.4 Å². The lowest BCUT2D eigenvalue weighted by Crippen LogP contribution is -2.40. The quantitative estimate of drug-likeness (QED) is 0.614. The van der Waals surface area contributed by atoms with Crippen LogP contribution in [0.4, 0.5) is 5.69 Å². The van der Waals surface area contributed by atoms with Crippen molar-refractivity contribution in [2.45, 2.75) is 6.92 Å². The van der Waals surface area contributed by atoms with Gasteiger partial charge >= 0.3 is 0 Å². The SMILES string of the molecule is CC(=O)N(C(=N)N)c1c(Cl)cccc1Cl.Cl. The fourth-order valence-corrected chi connectivity index (χ4v) is 1.72. The Morgan fingerprint density at radius 3 is 2.12 bits per heavy atom. The number of amides is 1. The molecule has 0 fully saturated rings. The fourth-order valence-electron chi connectivity index (χ4n) is 1.15. The molecular weight excluding hydrogens is 272 g/mol.